The largest absolute Gasteiger partial charge is 0.330 e. The molecular weight excluding hydrogens is 229 g/mol. The third kappa shape index (κ3) is 1.57. The zero-order chi connectivity index (χ0) is 12.5. The van der Waals surface area contributed by atoms with Crippen LogP contribution in [-0.2, 0) is 6.54 Å². The van der Waals surface area contributed by atoms with Gasteiger partial charge in [-0.1, -0.05) is 6.07 Å². The van der Waals surface area contributed by atoms with Crippen LogP contribution in [0.3, 0.4) is 0 Å². The first-order chi connectivity index (χ1) is 8.81. The molecule has 0 radical (unpaired) electrons. The SMILES string of the molecule is CCn1cnc2ccc(F)c(-c3ccccn3)c21. The molecule has 0 amide bonds. The van der Waals surface area contributed by atoms with Crippen molar-refractivity contribution in [1.29, 1.82) is 0 Å². The Balaban J connectivity index is 2.39. The zero-order valence-electron chi connectivity index (χ0n) is 9.97. The van der Waals surface area contributed by atoms with E-state index in [1.165, 1.54) is 6.07 Å². The lowest BCUT2D eigenvalue weighted by Gasteiger charge is -2.07. The molecule has 0 spiro atoms. The summed E-state index contributed by atoms with van der Waals surface area (Å²) in [6.45, 7) is 2.76. The van der Waals surface area contributed by atoms with E-state index in [1.54, 1.807) is 18.6 Å². The third-order valence-corrected chi connectivity index (χ3v) is 2.99. The van der Waals surface area contributed by atoms with Gasteiger partial charge in [-0.3, -0.25) is 4.98 Å². The van der Waals surface area contributed by atoms with E-state index in [2.05, 4.69) is 9.97 Å². The maximum absolute atomic E-state index is 14.1. The van der Waals surface area contributed by atoms with Crippen molar-refractivity contribution < 1.29 is 4.39 Å². The normalized spacial score (nSPS) is 11.0. The number of imidazole rings is 1. The number of nitrogens with zero attached hydrogens (tertiary/aromatic N) is 3. The Morgan fingerprint density at radius 3 is 2.78 bits per heavy atom. The molecule has 0 atom stereocenters. The Morgan fingerprint density at radius 2 is 2.06 bits per heavy atom. The Morgan fingerprint density at radius 1 is 1.17 bits per heavy atom. The number of pyridine rings is 1. The van der Waals surface area contributed by atoms with Gasteiger partial charge in [0, 0.05) is 12.7 Å². The molecule has 18 heavy (non-hydrogen) atoms. The maximum atomic E-state index is 14.1. The number of aromatic nitrogens is 3. The van der Waals surface area contributed by atoms with Gasteiger partial charge in [0.2, 0.25) is 0 Å². The van der Waals surface area contributed by atoms with Crippen LogP contribution in [-0.4, -0.2) is 14.5 Å². The minimum absolute atomic E-state index is 0.267. The van der Waals surface area contributed by atoms with Crippen molar-refractivity contribution in [2.24, 2.45) is 0 Å². The fraction of sp³-hybridized carbons (Fsp3) is 0.143. The Labute approximate surface area is 104 Å². The molecular formula is C14H12FN3. The second kappa shape index (κ2) is 4.22. The highest BCUT2D eigenvalue weighted by Gasteiger charge is 2.14. The van der Waals surface area contributed by atoms with Crippen molar-refractivity contribution in [3.63, 3.8) is 0 Å². The van der Waals surface area contributed by atoms with Gasteiger partial charge in [0.05, 0.1) is 28.6 Å². The van der Waals surface area contributed by atoms with Crippen molar-refractivity contribution in [1.82, 2.24) is 14.5 Å². The number of benzene rings is 1. The smallest absolute Gasteiger partial charge is 0.134 e. The lowest BCUT2D eigenvalue weighted by Crippen LogP contribution is -1.96. The van der Waals surface area contributed by atoms with E-state index < -0.39 is 0 Å². The first-order valence-electron chi connectivity index (χ1n) is 5.86. The van der Waals surface area contributed by atoms with Gasteiger partial charge in [-0.2, -0.15) is 0 Å². The van der Waals surface area contributed by atoms with Crippen LogP contribution < -0.4 is 0 Å². The van der Waals surface area contributed by atoms with Gasteiger partial charge in [0.25, 0.3) is 0 Å². The fourth-order valence-electron chi connectivity index (χ4n) is 2.13. The van der Waals surface area contributed by atoms with E-state index in [-0.39, 0.29) is 5.82 Å². The number of hydrogen-bond donors (Lipinski definition) is 0. The van der Waals surface area contributed by atoms with Crippen molar-refractivity contribution in [3.05, 3.63) is 48.7 Å². The highest BCUT2D eigenvalue weighted by molar-refractivity contribution is 5.91. The monoisotopic (exact) mass is 241 g/mol. The predicted octanol–water partition coefficient (Wildman–Crippen LogP) is 3.26. The van der Waals surface area contributed by atoms with E-state index in [1.807, 2.05) is 29.7 Å². The van der Waals surface area contributed by atoms with E-state index in [4.69, 9.17) is 0 Å². The predicted molar refractivity (Wildman–Crippen MR) is 68.6 cm³/mol. The summed E-state index contributed by atoms with van der Waals surface area (Å²) >= 11 is 0. The summed E-state index contributed by atoms with van der Waals surface area (Å²) in [6.07, 6.45) is 3.40. The topological polar surface area (TPSA) is 30.7 Å². The quantitative estimate of drug-likeness (QED) is 0.689. The van der Waals surface area contributed by atoms with E-state index in [0.717, 1.165) is 17.6 Å². The third-order valence-electron chi connectivity index (χ3n) is 2.99. The van der Waals surface area contributed by atoms with Crippen LogP contribution in [0.1, 0.15) is 6.92 Å². The molecule has 0 aliphatic rings. The lowest BCUT2D eigenvalue weighted by molar-refractivity contribution is 0.631. The van der Waals surface area contributed by atoms with Crippen LogP contribution in [0, 0.1) is 5.82 Å². The first-order valence-corrected chi connectivity index (χ1v) is 5.86. The molecule has 3 rings (SSSR count). The summed E-state index contributed by atoms with van der Waals surface area (Å²) in [4.78, 5) is 8.52. The number of aryl methyl sites for hydroxylation is 1. The molecule has 2 aromatic heterocycles. The molecule has 0 fully saturated rings. The second-order valence-electron chi connectivity index (χ2n) is 4.04. The van der Waals surface area contributed by atoms with Gasteiger partial charge < -0.3 is 4.57 Å². The van der Waals surface area contributed by atoms with Crippen LogP contribution >= 0.6 is 0 Å². The number of fused-ring (bicyclic) bond motifs is 1. The van der Waals surface area contributed by atoms with Crippen LogP contribution in [0.5, 0.6) is 0 Å². The molecule has 0 saturated carbocycles. The Hall–Kier alpha value is -2.23. The Bertz CT molecular complexity index is 689. The molecule has 0 saturated heterocycles. The van der Waals surface area contributed by atoms with Crippen molar-refractivity contribution in [2.75, 3.05) is 0 Å². The average molecular weight is 241 g/mol. The maximum Gasteiger partial charge on any atom is 0.134 e. The molecule has 2 heterocycles. The molecule has 3 aromatic rings. The summed E-state index contributed by atoms with van der Waals surface area (Å²) < 4.78 is 16.1. The molecule has 0 unspecified atom stereocenters. The van der Waals surface area contributed by atoms with Gasteiger partial charge >= 0.3 is 0 Å². The number of rotatable bonds is 2. The minimum atomic E-state index is -0.267. The highest BCUT2D eigenvalue weighted by atomic mass is 19.1. The standard InChI is InChI=1S/C14H12FN3/c1-2-18-9-17-12-7-6-10(15)13(14(12)18)11-5-3-4-8-16-11/h3-9H,2H2,1H3. The molecule has 4 heteroatoms. The summed E-state index contributed by atoms with van der Waals surface area (Å²) in [5.41, 5.74) is 2.75. The summed E-state index contributed by atoms with van der Waals surface area (Å²) in [6, 6.07) is 8.62. The average Bonchev–Trinajstić information content (AvgIpc) is 2.82. The zero-order valence-corrected chi connectivity index (χ0v) is 9.97. The number of hydrogen-bond acceptors (Lipinski definition) is 2. The molecule has 0 bridgehead atoms. The van der Waals surface area contributed by atoms with E-state index in [0.29, 0.717) is 11.3 Å². The van der Waals surface area contributed by atoms with Crippen LogP contribution in [0.15, 0.2) is 42.9 Å². The first kappa shape index (κ1) is 10.9. The van der Waals surface area contributed by atoms with Gasteiger partial charge in [0.1, 0.15) is 5.82 Å². The van der Waals surface area contributed by atoms with Gasteiger partial charge in [-0.15, -0.1) is 0 Å². The molecule has 0 N–H and O–H groups in total. The molecule has 3 nitrogen and oxygen atoms in total. The number of halogens is 1. The van der Waals surface area contributed by atoms with Crippen molar-refractivity contribution in [2.45, 2.75) is 13.5 Å². The second-order valence-corrected chi connectivity index (χ2v) is 4.04. The summed E-state index contributed by atoms with van der Waals surface area (Å²) in [5.74, 6) is -0.267. The lowest BCUT2D eigenvalue weighted by atomic mass is 10.1. The van der Waals surface area contributed by atoms with Crippen molar-refractivity contribution >= 4 is 11.0 Å². The van der Waals surface area contributed by atoms with Crippen LogP contribution in [0.25, 0.3) is 22.3 Å². The molecule has 90 valence electrons. The fourth-order valence-corrected chi connectivity index (χ4v) is 2.13. The van der Waals surface area contributed by atoms with Crippen LogP contribution in [0.2, 0.25) is 0 Å². The van der Waals surface area contributed by atoms with Gasteiger partial charge in [0.15, 0.2) is 0 Å². The van der Waals surface area contributed by atoms with Gasteiger partial charge in [-0.25, -0.2) is 9.37 Å². The van der Waals surface area contributed by atoms with Crippen molar-refractivity contribution in [3.8, 4) is 11.3 Å². The molecule has 0 aliphatic heterocycles. The highest BCUT2D eigenvalue weighted by Crippen LogP contribution is 2.29. The van der Waals surface area contributed by atoms with Gasteiger partial charge in [-0.05, 0) is 31.2 Å². The van der Waals surface area contributed by atoms with E-state index in [9.17, 15) is 4.39 Å². The minimum Gasteiger partial charge on any atom is -0.330 e. The summed E-state index contributed by atoms with van der Waals surface area (Å²) in [5, 5.41) is 0. The molecule has 1 aromatic carbocycles. The summed E-state index contributed by atoms with van der Waals surface area (Å²) in [7, 11) is 0. The molecule has 0 aliphatic carbocycles. The van der Waals surface area contributed by atoms with Crippen LogP contribution in [0.4, 0.5) is 4.39 Å². The Kier molecular flexibility index (Phi) is 2.55. The van der Waals surface area contributed by atoms with E-state index >= 15 is 0 Å².